The fourth-order valence-electron chi connectivity index (χ4n) is 13.4. The molecule has 4 fully saturated rings. The van der Waals surface area contributed by atoms with Crippen LogP contribution < -0.4 is 5.73 Å². The van der Waals surface area contributed by atoms with E-state index >= 15 is 0 Å². The fourth-order valence-corrected chi connectivity index (χ4v) is 13.4. The van der Waals surface area contributed by atoms with E-state index in [0.717, 1.165) is 25.7 Å². The highest BCUT2D eigenvalue weighted by atomic mass is 19.4. The summed E-state index contributed by atoms with van der Waals surface area (Å²) in [5, 5.41) is 16.1. The lowest BCUT2D eigenvalue weighted by molar-refractivity contribution is -0.253. The summed E-state index contributed by atoms with van der Waals surface area (Å²) in [7, 11) is 1.79. The highest BCUT2D eigenvalue weighted by Crippen LogP contribution is 2.75. The number of aromatic nitrogens is 3. The second-order valence-corrected chi connectivity index (χ2v) is 22.5. The van der Waals surface area contributed by atoms with E-state index < -0.39 is 64.0 Å². The first-order valence-electron chi connectivity index (χ1n) is 22.3. The molecule has 0 aromatic carbocycles. The van der Waals surface area contributed by atoms with Crippen molar-refractivity contribution in [3.05, 3.63) is 47.9 Å². The second-order valence-electron chi connectivity index (χ2n) is 22.5. The summed E-state index contributed by atoms with van der Waals surface area (Å²) in [5.41, 5.74) is 5.28. The van der Waals surface area contributed by atoms with Gasteiger partial charge in [0.15, 0.2) is 5.82 Å². The van der Waals surface area contributed by atoms with E-state index in [2.05, 4.69) is 75.3 Å². The van der Waals surface area contributed by atoms with Crippen molar-refractivity contribution in [3.8, 4) is 0 Å². The molecule has 4 aliphatic carbocycles. The van der Waals surface area contributed by atoms with Gasteiger partial charge < -0.3 is 30.0 Å². The van der Waals surface area contributed by atoms with Gasteiger partial charge in [-0.3, -0.25) is 4.79 Å². The Kier molecular flexibility index (Phi) is 11.2. The third-order valence-electron chi connectivity index (χ3n) is 18.2. The first-order valence-corrected chi connectivity index (χ1v) is 22.3. The Hall–Kier alpha value is -3.23. The molecule has 0 spiro atoms. The lowest BCUT2D eigenvalue weighted by Gasteiger charge is -2.71. The number of carbonyl (C=O) groups excluding carboxylic acids is 1. The van der Waals surface area contributed by atoms with Gasteiger partial charge in [-0.05, 0) is 103 Å². The molecule has 13 atom stereocenters. The number of nitrogens with two attached hydrogens (primary N) is 1. The number of likely N-dealkylation sites (N-methyl/N-ethyl adjacent to an activating group) is 1. The first-order chi connectivity index (χ1) is 28.1. The first kappa shape index (κ1) is 45.8. The Bertz CT molecular complexity index is 1990. The Morgan fingerprint density at radius 3 is 2.36 bits per heavy atom. The van der Waals surface area contributed by atoms with Crippen molar-refractivity contribution in [1.29, 1.82) is 0 Å². The number of aliphatic carboxylic acids is 1. The normalized spacial score (nSPS) is 40.2. The van der Waals surface area contributed by atoms with Crippen LogP contribution >= 0.6 is 0 Å². The summed E-state index contributed by atoms with van der Waals surface area (Å²) in [6, 6.07) is -1.12. The zero-order valence-electron chi connectivity index (χ0n) is 38.4. The van der Waals surface area contributed by atoms with Crippen molar-refractivity contribution in [3.63, 3.8) is 0 Å². The van der Waals surface area contributed by atoms with Crippen molar-refractivity contribution < 1.29 is 42.1 Å². The van der Waals surface area contributed by atoms with Gasteiger partial charge in [-0.15, -0.1) is 0 Å². The molecule has 1 unspecified atom stereocenters. The fraction of sp³-hybridized carbons (Fsp3) is 0.787. The number of carboxylic acid groups (broad SMARTS) is 1. The smallest absolute Gasteiger partial charge is 0.481 e. The third kappa shape index (κ3) is 6.93. The number of esters is 1. The molecule has 1 saturated heterocycles. The summed E-state index contributed by atoms with van der Waals surface area (Å²) < 4.78 is 60.5. The lowest BCUT2D eigenvalue weighted by Crippen LogP contribution is -2.69. The Labute approximate surface area is 360 Å². The van der Waals surface area contributed by atoms with Crippen LogP contribution in [0.4, 0.5) is 13.2 Å². The monoisotopic (exact) mass is 858 g/mol. The molecular weight excluding hydrogens is 788 g/mol. The number of carbonyl (C=O) groups is 2. The van der Waals surface area contributed by atoms with Crippen molar-refractivity contribution in [2.24, 2.45) is 67.8 Å². The zero-order valence-corrected chi connectivity index (χ0v) is 38.4. The summed E-state index contributed by atoms with van der Waals surface area (Å²) in [6.07, 6.45) is 7.51. The van der Waals surface area contributed by atoms with E-state index in [-0.39, 0.29) is 46.4 Å². The molecule has 7 rings (SSSR count). The summed E-state index contributed by atoms with van der Waals surface area (Å²) >= 11 is 0. The summed E-state index contributed by atoms with van der Waals surface area (Å²) in [4.78, 5) is 32.1. The molecular formula is C47H70F3N5O6. The van der Waals surface area contributed by atoms with E-state index in [1.165, 1.54) is 24.1 Å². The highest BCUT2D eigenvalue weighted by Gasteiger charge is 2.72. The summed E-state index contributed by atoms with van der Waals surface area (Å²) in [5.74, 6) is -2.40. The highest BCUT2D eigenvalue weighted by molar-refractivity contribution is 5.77. The van der Waals surface area contributed by atoms with Crippen LogP contribution in [0.5, 0.6) is 0 Å². The number of allylic oxidation sites excluding steroid dienone is 2. The van der Waals surface area contributed by atoms with E-state index in [4.69, 9.17) is 30.0 Å². The number of rotatable bonds is 9. The van der Waals surface area contributed by atoms with Gasteiger partial charge in [-0.2, -0.15) is 18.3 Å². The average molecular weight is 858 g/mol. The standard InChI is InChI=1S/C47H70F3N5O6/c1-27(2)28(3)41(7)18-19-43(9)30-13-14-34-42(8)23-59-25-46(34,31(30)15-17-44(43,10)35(41)38(56)57)22-33(36(42)60-24-45(11,51)40(4,5)6)55-37(52-26-53-55)32-21-29(16-20-54(32)12)61-39(58)47(48,49)50/h15-16,20-21,26-28,30,32-36H,13-14,17-19,22-25,51H2,1-12H3,(H,56,57)/t28-,30+,32?,33-,34+,35-,36+,41-,42-,43-,44+,45+,46+/m1/s1. The number of fused-ring (bicyclic) bond motifs is 3. The van der Waals surface area contributed by atoms with Gasteiger partial charge in [0, 0.05) is 29.6 Å². The van der Waals surface area contributed by atoms with E-state index in [1.54, 1.807) is 18.1 Å². The van der Waals surface area contributed by atoms with Crippen LogP contribution in [0.25, 0.3) is 0 Å². The van der Waals surface area contributed by atoms with Gasteiger partial charge in [0.25, 0.3) is 0 Å². The minimum Gasteiger partial charge on any atom is -0.481 e. The Morgan fingerprint density at radius 2 is 1.74 bits per heavy atom. The Balaban J connectivity index is 1.34. The lowest BCUT2D eigenvalue weighted by atomic mass is 9.34. The van der Waals surface area contributed by atoms with Gasteiger partial charge in [-0.1, -0.05) is 80.9 Å². The molecule has 340 valence electrons. The van der Waals surface area contributed by atoms with E-state index in [9.17, 15) is 27.9 Å². The van der Waals surface area contributed by atoms with Crippen molar-refractivity contribution in [1.82, 2.24) is 19.7 Å². The maximum atomic E-state index is 13.6. The number of halogens is 3. The summed E-state index contributed by atoms with van der Waals surface area (Å²) in [6.45, 7) is 25.3. The number of hydrogen-bond donors (Lipinski definition) is 2. The quantitative estimate of drug-likeness (QED) is 0.183. The largest absolute Gasteiger partial charge is 0.491 e. The molecule has 3 heterocycles. The van der Waals surface area contributed by atoms with Gasteiger partial charge in [-0.25, -0.2) is 14.5 Å². The number of ether oxygens (including phenoxy) is 3. The predicted octanol–water partition coefficient (Wildman–Crippen LogP) is 9.05. The van der Waals surface area contributed by atoms with Crippen LogP contribution in [0.15, 0.2) is 42.1 Å². The van der Waals surface area contributed by atoms with Crippen molar-refractivity contribution >= 4 is 11.9 Å². The number of hydrogen-bond acceptors (Lipinski definition) is 9. The van der Waals surface area contributed by atoms with Crippen LogP contribution in [0.1, 0.15) is 133 Å². The molecule has 0 amide bonds. The van der Waals surface area contributed by atoms with Gasteiger partial charge >= 0.3 is 18.1 Å². The number of alkyl halides is 3. The molecule has 2 aliphatic heterocycles. The second kappa shape index (κ2) is 14.9. The van der Waals surface area contributed by atoms with Gasteiger partial charge in [0.05, 0.1) is 37.9 Å². The topological polar surface area (TPSA) is 142 Å². The molecule has 3 saturated carbocycles. The average Bonchev–Trinajstić information content (AvgIpc) is 3.63. The molecule has 1 aromatic rings. The third-order valence-corrected chi connectivity index (χ3v) is 18.2. The van der Waals surface area contributed by atoms with Crippen molar-refractivity contribution in [2.75, 3.05) is 26.9 Å². The van der Waals surface area contributed by atoms with E-state index in [1.807, 2.05) is 11.6 Å². The molecule has 3 N–H and O–H groups in total. The predicted molar refractivity (Wildman–Crippen MR) is 224 cm³/mol. The number of nitrogens with zero attached hydrogens (tertiary/aromatic N) is 4. The van der Waals surface area contributed by atoms with Gasteiger partial charge in [0.1, 0.15) is 18.1 Å². The maximum absolute atomic E-state index is 13.6. The Morgan fingerprint density at radius 1 is 1.05 bits per heavy atom. The molecule has 6 aliphatic rings. The zero-order chi connectivity index (χ0) is 45.1. The number of carboxylic acids is 1. The van der Waals surface area contributed by atoms with Crippen LogP contribution in [0, 0.1) is 62.1 Å². The molecule has 0 radical (unpaired) electrons. The van der Waals surface area contributed by atoms with Crippen molar-refractivity contribution in [2.45, 2.75) is 145 Å². The molecule has 1 aromatic heterocycles. The molecule has 11 nitrogen and oxygen atoms in total. The minimum absolute atomic E-state index is 0.138. The van der Waals surface area contributed by atoms with Crippen LogP contribution in [0.2, 0.25) is 0 Å². The molecule has 61 heavy (non-hydrogen) atoms. The maximum Gasteiger partial charge on any atom is 0.491 e. The van der Waals surface area contributed by atoms with Gasteiger partial charge in [0.2, 0.25) is 0 Å². The minimum atomic E-state index is -5.16. The van der Waals surface area contributed by atoms with E-state index in [0.29, 0.717) is 37.8 Å². The molecule has 14 heteroatoms. The van der Waals surface area contributed by atoms with Crippen LogP contribution in [0.3, 0.4) is 0 Å². The van der Waals surface area contributed by atoms with Crippen LogP contribution in [-0.2, 0) is 23.8 Å². The van der Waals surface area contributed by atoms with Crippen LogP contribution in [-0.4, -0.2) is 81.4 Å². The molecule has 2 bridgehead atoms. The SMILES string of the molecule is CC(C)[C@@H](C)[C@@]1(C)CC[C@]2(C)[C@H]3CC[C@@H]4[C@@]5(COC[C@@]4(C)[C@@H](OC[C@](C)(N)C(C)(C)C)[C@H](n4ncnc4C4C=C(OC(=O)C(F)(F)F)C=CN4C)C5)C3=CC[C@@]2(C)[C@@H]1C(=O)O.